The number of nitrogens with one attached hydrogen (secondary N) is 1. The minimum Gasteiger partial charge on any atom is -0.371 e. The smallest absolute Gasteiger partial charge is 0.149 e. The second-order valence-corrected chi connectivity index (χ2v) is 6.14. The molecule has 25 heavy (non-hydrogen) atoms. The van der Waals surface area contributed by atoms with Gasteiger partial charge in [0.1, 0.15) is 17.7 Å². The third-order valence-corrected chi connectivity index (χ3v) is 4.53. The van der Waals surface area contributed by atoms with E-state index in [4.69, 9.17) is 0 Å². The Labute approximate surface area is 145 Å². The standard InChI is InChI=1S/C20H17FN4/c21-16-6-5-9-19(25-10-3-4-11-25)15(16)12-14(13-22)20-23-17-7-1-2-8-18(17)24-20/h1-2,5-9,12H,3-4,10-11H2,(H,23,24). The summed E-state index contributed by atoms with van der Waals surface area (Å²) in [6.07, 6.45) is 3.81. The topological polar surface area (TPSA) is 55.7 Å². The summed E-state index contributed by atoms with van der Waals surface area (Å²) >= 11 is 0. The number of nitrogens with zero attached hydrogens (tertiary/aromatic N) is 3. The van der Waals surface area contributed by atoms with Gasteiger partial charge in [0, 0.05) is 24.3 Å². The first-order chi connectivity index (χ1) is 12.3. The van der Waals surface area contributed by atoms with Crippen molar-refractivity contribution in [2.24, 2.45) is 0 Å². The summed E-state index contributed by atoms with van der Waals surface area (Å²) in [6.45, 7) is 1.83. The van der Waals surface area contributed by atoms with Crippen LogP contribution in [-0.2, 0) is 0 Å². The van der Waals surface area contributed by atoms with E-state index < -0.39 is 0 Å². The van der Waals surface area contributed by atoms with E-state index in [2.05, 4.69) is 20.9 Å². The Morgan fingerprint density at radius 2 is 1.96 bits per heavy atom. The number of benzene rings is 2. The van der Waals surface area contributed by atoms with Crippen molar-refractivity contribution < 1.29 is 4.39 Å². The van der Waals surface area contributed by atoms with Gasteiger partial charge in [-0.2, -0.15) is 5.26 Å². The molecule has 0 aliphatic carbocycles. The Bertz CT molecular complexity index is 957. The molecule has 5 heteroatoms. The van der Waals surface area contributed by atoms with Crippen LogP contribution in [0.15, 0.2) is 42.5 Å². The molecule has 3 aromatic rings. The molecule has 1 aromatic heterocycles. The van der Waals surface area contributed by atoms with E-state index in [-0.39, 0.29) is 5.82 Å². The third-order valence-electron chi connectivity index (χ3n) is 4.53. The summed E-state index contributed by atoms with van der Waals surface area (Å²) in [5.74, 6) is 0.132. The van der Waals surface area contributed by atoms with Gasteiger partial charge in [-0.25, -0.2) is 9.37 Å². The number of imidazole rings is 1. The minimum absolute atomic E-state index is 0.321. The molecule has 2 heterocycles. The first-order valence-electron chi connectivity index (χ1n) is 8.36. The molecule has 0 saturated carbocycles. The molecule has 0 bridgehead atoms. The highest BCUT2D eigenvalue weighted by atomic mass is 19.1. The van der Waals surface area contributed by atoms with Gasteiger partial charge < -0.3 is 9.88 Å². The molecule has 4 nitrogen and oxygen atoms in total. The van der Waals surface area contributed by atoms with Gasteiger partial charge >= 0.3 is 0 Å². The Kier molecular flexibility index (Phi) is 3.95. The molecule has 0 unspecified atom stereocenters. The summed E-state index contributed by atoms with van der Waals surface area (Å²) in [6, 6.07) is 14.8. The SMILES string of the molecule is N#CC(=Cc1c(F)cccc1N1CCCC1)c1nc2ccccc2[nH]1. The quantitative estimate of drug-likeness (QED) is 0.725. The van der Waals surface area contributed by atoms with E-state index in [0.29, 0.717) is 17.0 Å². The molecular formula is C20H17FN4. The number of anilines is 1. The minimum atomic E-state index is -0.326. The van der Waals surface area contributed by atoms with Crippen LogP contribution < -0.4 is 4.90 Å². The maximum Gasteiger partial charge on any atom is 0.149 e. The van der Waals surface area contributed by atoms with E-state index in [1.807, 2.05) is 30.3 Å². The van der Waals surface area contributed by atoms with Crippen LogP contribution in [-0.4, -0.2) is 23.1 Å². The molecule has 1 N–H and O–H groups in total. The van der Waals surface area contributed by atoms with Crippen molar-refractivity contribution in [2.45, 2.75) is 12.8 Å². The van der Waals surface area contributed by atoms with E-state index in [9.17, 15) is 9.65 Å². The van der Waals surface area contributed by atoms with Crippen molar-refractivity contribution in [3.05, 3.63) is 59.7 Å². The Morgan fingerprint density at radius 1 is 1.16 bits per heavy atom. The fourth-order valence-corrected chi connectivity index (χ4v) is 3.28. The number of aromatic amines is 1. The Hall–Kier alpha value is -3.13. The van der Waals surface area contributed by atoms with Crippen LogP contribution in [0.25, 0.3) is 22.7 Å². The number of H-pyrrole nitrogens is 1. The van der Waals surface area contributed by atoms with E-state index >= 15 is 0 Å². The van der Waals surface area contributed by atoms with Crippen LogP contribution in [0.3, 0.4) is 0 Å². The van der Waals surface area contributed by atoms with Crippen LogP contribution >= 0.6 is 0 Å². The molecule has 2 aromatic carbocycles. The maximum absolute atomic E-state index is 14.5. The fourth-order valence-electron chi connectivity index (χ4n) is 3.28. The monoisotopic (exact) mass is 332 g/mol. The first kappa shape index (κ1) is 15.4. The van der Waals surface area contributed by atoms with Gasteiger partial charge in [-0.1, -0.05) is 18.2 Å². The van der Waals surface area contributed by atoms with Crippen LogP contribution in [0.2, 0.25) is 0 Å². The zero-order valence-corrected chi connectivity index (χ0v) is 13.7. The second kappa shape index (κ2) is 6.40. The third kappa shape index (κ3) is 2.87. The normalized spacial score (nSPS) is 14.9. The fraction of sp³-hybridized carbons (Fsp3) is 0.200. The lowest BCUT2D eigenvalue weighted by Gasteiger charge is -2.20. The predicted octanol–water partition coefficient (Wildman–Crippen LogP) is 4.37. The second-order valence-electron chi connectivity index (χ2n) is 6.14. The van der Waals surface area contributed by atoms with Gasteiger partial charge in [-0.3, -0.25) is 0 Å². The van der Waals surface area contributed by atoms with Crippen molar-refractivity contribution in [1.82, 2.24) is 9.97 Å². The number of fused-ring (bicyclic) bond motifs is 1. The zero-order chi connectivity index (χ0) is 17.2. The van der Waals surface area contributed by atoms with Crippen LogP contribution in [0.4, 0.5) is 10.1 Å². The van der Waals surface area contributed by atoms with Gasteiger partial charge in [0.25, 0.3) is 0 Å². The lowest BCUT2D eigenvalue weighted by atomic mass is 10.1. The molecule has 0 radical (unpaired) electrons. The van der Waals surface area contributed by atoms with Crippen molar-refractivity contribution >= 4 is 28.4 Å². The molecule has 1 aliphatic heterocycles. The van der Waals surface area contributed by atoms with Gasteiger partial charge in [0.2, 0.25) is 0 Å². The summed E-state index contributed by atoms with van der Waals surface area (Å²) in [7, 11) is 0. The summed E-state index contributed by atoms with van der Waals surface area (Å²) in [4.78, 5) is 9.76. The molecule has 0 atom stereocenters. The molecule has 124 valence electrons. The average Bonchev–Trinajstić information content (AvgIpc) is 3.30. The number of para-hydroxylation sites is 2. The lowest BCUT2D eigenvalue weighted by molar-refractivity contribution is 0.624. The van der Waals surface area contributed by atoms with Gasteiger partial charge in [0.05, 0.1) is 16.6 Å². The van der Waals surface area contributed by atoms with Crippen molar-refractivity contribution in [1.29, 1.82) is 5.26 Å². The van der Waals surface area contributed by atoms with Crippen molar-refractivity contribution in [2.75, 3.05) is 18.0 Å². The number of hydrogen-bond donors (Lipinski definition) is 1. The molecule has 4 rings (SSSR count). The highest BCUT2D eigenvalue weighted by molar-refractivity contribution is 5.92. The van der Waals surface area contributed by atoms with Gasteiger partial charge in [0.15, 0.2) is 0 Å². The Morgan fingerprint density at radius 3 is 2.72 bits per heavy atom. The molecule has 1 fully saturated rings. The lowest BCUT2D eigenvalue weighted by Crippen LogP contribution is -2.19. The van der Waals surface area contributed by atoms with Gasteiger partial charge in [-0.05, 0) is 43.2 Å². The first-order valence-corrected chi connectivity index (χ1v) is 8.36. The summed E-state index contributed by atoms with van der Waals surface area (Å²) in [5.41, 5.74) is 3.24. The van der Waals surface area contributed by atoms with Crippen molar-refractivity contribution in [3.63, 3.8) is 0 Å². The number of nitriles is 1. The molecule has 1 saturated heterocycles. The average molecular weight is 332 g/mol. The Balaban J connectivity index is 1.81. The van der Waals surface area contributed by atoms with Gasteiger partial charge in [-0.15, -0.1) is 0 Å². The highest BCUT2D eigenvalue weighted by Crippen LogP contribution is 2.30. The summed E-state index contributed by atoms with van der Waals surface area (Å²) in [5, 5.41) is 9.60. The van der Waals surface area contributed by atoms with E-state index in [1.54, 1.807) is 12.1 Å². The largest absolute Gasteiger partial charge is 0.371 e. The van der Waals surface area contributed by atoms with E-state index in [1.165, 1.54) is 6.07 Å². The van der Waals surface area contributed by atoms with Crippen LogP contribution in [0.5, 0.6) is 0 Å². The number of allylic oxidation sites excluding steroid dienone is 1. The van der Waals surface area contributed by atoms with Crippen LogP contribution in [0, 0.1) is 17.1 Å². The molecule has 0 amide bonds. The number of halogens is 1. The number of rotatable bonds is 3. The number of aromatic nitrogens is 2. The highest BCUT2D eigenvalue weighted by Gasteiger charge is 2.18. The van der Waals surface area contributed by atoms with E-state index in [0.717, 1.165) is 42.7 Å². The molecule has 0 spiro atoms. The molecule has 1 aliphatic rings. The molecular weight excluding hydrogens is 315 g/mol. The predicted molar refractivity (Wildman–Crippen MR) is 97.4 cm³/mol. The summed E-state index contributed by atoms with van der Waals surface area (Å²) < 4.78 is 14.5. The van der Waals surface area contributed by atoms with Crippen LogP contribution in [0.1, 0.15) is 24.2 Å². The van der Waals surface area contributed by atoms with Crippen molar-refractivity contribution in [3.8, 4) is 6.07 Å². The number of hydrogen-bond acceptors (Lipinski definition) is 3. The zero-order valence-electron chi connectivity index (χ0n) is 13.7. The maximum atomic E-state index is 14.5.